The van der Waals surface area contributed by atoms with Gasteiger partial charge in [-0.25, -0.2) is 19.2 Å². The topological polar surface area (TPSA) is 140 Å². The van der Waals surface area contributed by atoms with Gasteiger partial charge in [-0.15, -0.1) is 0 Å². The fourth-order valence-electron chi connectivity index (χ4n) is 5.51. The summed E-state index contributed by atoms with van der Waals surface area (Å²) >= 11 is 12.3. The Bertz CT molecular complexity index is 1420. The summed E-state index contributed by atoms with van der Waals surface area (Å²) in [4.78, 5) is 39.9. The number of imidazole rings is 1. The molecule has 2 amide bonds. The van der Waals surface area contributed by atoms with Gasteiger partial charge in [0.15, 0.2) is 5.65 Å². The van der Waals surface area contributed by atoms with Gasteiger partial charge in [-0.1, -0.05) is 23.2 Å². The Morgan fingerprint density at radius 3 is 2.59 bits per heavy atom. The van der Waals surface area contributed by atoms with Crippen molar-refractivity contribution in [3.05, 3.63) is 34.2 Å². The normalized spacial score (nSPS) is 21.2. The molecule has 0 bridgehead atoms. The van der Waals surface area contributed by atoms with Gasteiger partial charge in [0, 0.05) is 36.1 Å². The minimum atomic E-state index is -0.621. The Morgan fingerprint density at radius 1 is 1.15 bits per heavy atom. The molecule has 1 aliphatic heterocycles. The smallest absolute Gasteiger partial charge is 0.410 e. The molecule has 2 aromatic heterocycles. The summed E-state index contributed by atoms with van der Waals surface area (Å²) in [5.74, 6) is -0.387. The lowest BCUT2D eigenvalue weighted by Gasteiger charge is -2.33. The zero-order valence-electron chi connectivity index (χ0n) is 22.9. The van der Waals surface area contributed by atoms with Gasteiger partial charge in [0.1, 0.15) is 11.3 Å². The zero-order chi connectivity index (χ0) is 29.3. The van der Waals surface area contributed by atoms with Crippen molar-refractivity contribution >= 4 is 64.0 Å². The predicted octanol–water partition coefficient (Wildman–Crippen LogP) is 5.65. The molecule has 1 aromatic carbocycles. The summed E-state index contributed by atoms with van der Waals surface area (Å²) in [6.45, 7) is 4.73. The van der Waals surface area contributed by atoms with Gasteiger partial charge in [-0.05, 0) is 64.5 Å². The van der Waals surface area contributed by atoms with Crippen LogP contribution in [0.25, 0.3) is 11.2 Å². The van der Waals surface area contributed by atoms with E-state index in [-0.39, 0.29) is 51.8 Å². The third-order valence-electron chi connectivity index (χ3n) is 7.49. The molecule has 220 valence electrons. The fourth-order valence-corrected chi connectivity index (χ4v) is 6.02. The van der Waals surface area contributed by atoms with Crippen molar-refractivity contribution in [2.45, 2.75) is 70.6 Å². The van der Waals surface area contributed by atoms with Gasteiger partial charge in [0.05, 0.1) is 23.0 Å². The molecule has 14 heteroatoms. The summed E-state index contributed by atoms with van der Waals surface area (Å²) in [6, 6.07) is 2.48. The second-order valence-electron chi connectivity index (χ2n) is 10.8. The maximum Gasteiger partial charge on any atom is 0.410 e. The number of nitrogens with zero attached hydrogens (tertiary/aromatic N) is 5. The Balaban J connectivity index is 1.45. The van der Waals surface area contributed by atoms with Crippen molar-refractivity contribution in [2.24, 2.45) is 11.7 Å². The number of carbonyl (C=O) groups is 2. The number of fused-ring (bicyclic) bond motifs is 1. The third-order valence-corrected chi connectivity index (χ3v) is 8.01. The standard InChI is InChI=1S/C27H33Cl2FN8O3/c1-14(2)41-27(40)37-9-3-4-17(13-37)33-25-32-12-21-24(36-25)38(18-7-5-15(6-8-18)23(31)39)26(34-21)35-22-19(29)10-16(28)11-20(22)30/h10-12,14-15,17-18H,3-9,13H2,1-2H3,(H2,31,39)(H,34,35)(H,32,33,36)/t15-,17-,18+/m1/s1. The number of piperidine rings is 1. The number of ether oxygens (including phenoxy) is 1. The SMILES string of the molecule is CC(C)OC(=O)N1CCC[C@@H](Nc2ncc3nc(Nc4c(F)cc(Cl)cc4Cl)n([C@H]4CC[C@@H](C(N)=O)CC4)c3n2)C1. The molecule has 3 heterocycles. The van der Waals surface area contributed by atoms with Crippen molar-refractivity contribution in [3.63, 3.8) is 0 Å². The first kappa shape index (κ1) is 29.1. The Hall–Kier alpha value is -3.38. The van der Waals surface area contributed by atoms with Crippen LogP contribution in [0, 0.1) is 11.7 Å². The number of nitrogens with two attached hydrogens (primary N) is 1. The fraction of sp³-hybridized carbons (Fsp3) is 0.519. The first-order chi connectivity index (χ1) is 19.6. The number of nitrogens with one attached hydrogen (secondary N) is 2. The van der Waals surface area contributed by atoms with Crippen molar-refractivity contribution in [2.75, 3.05) is 23.7 Å². The van der Waals surface area contributed by atoms with Gasteiger partial charge in [-0.2, -0.15) is 4.98 Å². The molecule has 1 atom stereocenters. The number of hydrogen-bond donors (Lipinski definition) is 3. The van der Waals surface area contributed by atoms with Crippen LogP contribution in [0.3, 0.4) is 0 Å². The Labute approximate surface area is 246 Å². The van der Waals surface area contributed by atoms with E-state index in [1.807, 2.05) is 18.4 Å². The second-order valence-corrected chi connectivity index (χ2v) is 11.7. The van der Waals surface area contributed by atoms with Gasteiger partial charge < -0.3 is 26.0 Å². The van der Waals surface area contributed by atoms with Gasteiger partial charge in [-0.3, -0.25) is 9.36 Å². The highest BCUT2D eigenvalue weighted by atomic mass is 35.5. The van der Waals surface area contributed by atoms with Crippen LogP contribution in [0.4, 0.5) is 26.8 Å². The van der Waals surface area contributed by atoms with Crippen LogP contribution in [0.15, 0.2) is 18.3 Å². The molecule has 2 fully saturated rings. The van der Waals surface area contributed by atoms with E-state index in [9.17, 15) is 14.0 Å². The Morgan fingerprint density at radius 2 is 1.90 bits per heavy atom. The number of rotatable bonds is 7. The number of amides is 2. The molecule has 1 saturated carbocycles. The molecular weight excluding hydrogens is 574 g/mol. The number of hydrogen-bond acceptors (Lipinski definition) is 8. The predicted molar refractivity (Wildman–Crippen MR) is 155 cm³/mol. The minimum Gasteiger partial charge on any atom is -0.447 e. The maximum absolute atomic E-state index is 14.9. The highest BCUT2D eigenvalue weighted by molar-refractivity contribution is 6.36. The summed E-state index contributed by atoms with van der Waals surface area (Å²) < 4.78 is 22.1. The van der Waals surface area contributed by atoms with E-state index in [1.165, 1.54) is 12.1 Å². The number of carbonyl (C=O) groups excluding carboxylic acids is 2. The van der Waals surface area contributed by atoms with E-state index < -0.39 is 5.82 Å². The molecule has 3 aromatic rings. The molecule has 11 nitrogen and oxygen atoms in total. The molecule has 5 rings (SSSR count). The first-order valence-electron chi connectivity index (χ1n) is 13.8. The molecule has 2 aliphatic rings. The lowest BCUT2D eigenvalue weighted by atomic mass is 9.85. The van der Waals surface area contributed by atoms with E-state index >= 15 is 0 Å². The zero-order valence-corrected chi connectivity index (χ0v) is 24.4. The number of benzene rings is 1. The van der Waals surface area contributed by atoms with Crippen LogP contribution in [0.5, 0.6) is 0 Å². The Kier molecular flexibility index (Phi) is 8.69. The quantitative estimate of drug-likeness (QED) is 0.313. The molecule has 0 radical (unpaired) electrons. The first-order valence-corrected chi connectivity index (χ1v) is 14.5. The van der Waals surface area contributed by atoms with E-state index in [4.69, 9.17) is 38.7 Å². The lowest BCUT2D eigenvalue weighted by molar-refractivity contribution is -0.122. The lowest BCUT2D eigenvalue weighted by Crippen LogP contribution is -2.46. The second kappa shape index (κ2) is 12.2. The molecule has 0 spiro atoms. The van der Waals surface area contributed by atoms with Crippen LogP contribution < -0.4 is 16.4 Å². The molecule has 41 heavy (non-hydrogen) atoms. The van der Waals surface area contributed by atoms with Crippen LogP contribution >= 0.6 is 23.2 Å². The van der Waals surface area contributed by atoms with Crippen molar-refractivity contribution in [1.82, 2.24) is 24.4 Å². The third kappa shape index (κ3) is 6.59. The molecule has 1 aliphatic carbocycles. The highest BCUT2D eigenvalue weighted by Gasteiger charge is 2.30. The van der Waals surface area contributed by atoms with E-state index in [1.54, 1.807) is 11.1 Å². The number of halogens is 3. The van der Waals surface area contributed by atoms with Crippen LogP contribution in [-0.2, 0) is 9.53 Å². The van der Waals surface area contributed by atoms with Crippen LogP contribution in [-0.4, -0.2) is 61.7 Å². The van der Waals surface area contributed by atoms with E-state index in [0.717, 1.165) is 12.8 Å². The summed E-state index contributed by atoms with van der Waals surface area (Å²) in [5, 5.41) is 6.68. The van der Waals surface area contributed by atoms with Crippen LogP contribution in [0.2, 0.25) is 10.0 Å². The van der Waals surface area contributed by atoms with Gasteiger partial charge >= 0.3 is 6.09 Å². The number of aromatic nitrogens is 4. The van der Waals surface area contributed by atoms with Crippen molar-refractivity contribution in [1.29, 1.82) is 0 Å². The number of likely N-dealkylation sites (tertiary alicyclic amines) is 1. The molecule has 1 saturated heterocycles. The van der Waals surface area contributed by atoms with Crippen molar-refractivity contribution < 1.29 is 18.7 Å². The highest BCUT2D eigenvalue weighted by Crippen LogP contribution is 2.38. The van der Waals surface area contributed by atoms with Crippen LogP contribution in [0.1, 0.15) is 58.4 Å². The number of primary amides is 1. The monoisotopic (exact) mass is 606 g/mol. The largest absolute Gasteiger partial charge is 0.447 e. The minimum absolute atomic E-state index is 0.0420. The molecule has 4 N–H and O–H groups in total. The summed E-state index contributed by atoms with van der Waals surface area (Å²) in [7, 11) is 0. The van der Waals surface area contributed by atoms with E-state index in [0.29, 0.717) is 61.8 Å². The summed E-state index contributed by atoms with van der Waals surface area (Å²) in [5.41, 5.74) is 6.66. The summed E-state index contributed by atoms with van der Waals surface area (Å²) in [6.07, 6.45) is 5.29. The number of anilines is 3. The van der Waals surface area contributed by atoms with Gasteiger partial charge in [0.2, 0.25) is 17.8 Å². The molecular formula is C27H33Cl2FN8O3. The van der Waals surface area contributed by atoms with Crippen molar-refractivity contribution in [3.8, 4) is 0 Å². The molecule has 0 unspecified atom stereocenters. The maximum atomic E-state index is 14.9. The van der Waals surface area contributed by atoms with E-state index in [2.05, 4.69) is 20.6 Å². The average molecular weight is 608 g/mol. The van der Waals surface area contributed by atoms with Gasteiger partial charge in [0.25, 0.3) is 0 Å². The average Bonchev–Trinajstić information content (AvgIpc) is 3.27.